The predicted molar refractivity (Wildman–Crippen MR) is 69.3 cm³/mol. The van der Waals surface area contributed by atoms with Gasteiger partial charge < -0.3 is 16.8 Å². The van der Waals surface area contributed by atoms with Crippen LogP contribution in [-0.4, -0.2) is 25.7 Å². The molecule has 17 heavy (non-hydrogen) atoms. The number of rotatable bonds is 6. The fourth-order valence-electron chi connectivity index (χ4n) is 1.76. The van der Waals surface area contributed by atoms with Gasteiger partial charge in [0.2, 0.25) is 0 Å². The molecule has 0 saturated heterocycles. The van der Waals surface area contributed by atoms with Crippen molar-refractivity contribution in [3.05, 3.63) is 35.6 Å². The molecule has 4 heteroatoms. The molecule has 3 nitrogen and oxygen atoms in total. The van der Waals surface area contributed by atoms with Crippen LogP contribution in [0.1, 0.15) is 19.4 Å². The summed E-state index contributed by atoms with van der Waals surface area (Å²) in [4.78, 5) is 0. The van der Waals surface area contributed by atoms with Crippen LogP contribution in [0.15, 0.2) is 24.3 Å². The number of hydrogen-bond acceptors (Lipinski definition) is 3. The summed E-state index contributed by atoms with van der Waals surface area (Å²) in [7, 11) is 0. The van der Waals surface area contributed by atoms with Crippen LogP contribution in [0.25, 0.3) is 0 Å². The summed E-state index contributed by atoms with van der Waals surface area (Å²) >= 11 is 0. The Morgan fingerprint density at radius 3 is 2.59 bits per heavy atom. The second-order valence-electron chi connectivity index (χ2n) is 4.99. The van der Waals surface area contributed by atoms with Crippen molar-refractivity contribution in [3.8, 4) is 0 Å². The molecule has 0 aromatic heterocycles. The van der Waals surface area contributed by atoms with Crippen molar-refractivity contribution in [1.82, 2.24) is 5.32 Å². The Morgan fingerprint density at radius 2 is 2.00 bits per heavy atom. The van der Waals surface area contributed by atoms with Crippen LogP contribution in [0.4, 0.5) is 4.39 Å². The third kappa shape index (κ3) is 4.07. The van der Waals surface area contributed by atoms with Gasteiger partial charge in [0.05, 0.1) is 0 Å². The van der Waals surface area contributed by atoms with Gasteiger partial charge >= 0.3 is 0 Å². The third-order valence-corrected chi connectivity index (χ3v) is 2.88. The molecule has 1 unspecified atom stereocenters. The highest BCUT2D eigenvalue weighted by atomic mass is 19.1. The van der Waals surface area contributed by atoms with Crippen molar-refractivity contribution in [1.29, 1.82) is 0 Å². The maximum Gasteiger partial charge on any atom is 0.126 e. The predicted octanol–water partition coefficient (Wildman–Crippen LogP) is 0.979. The Hall–Kier alpha value is -0.970. The van der Waals surface area contributed by atoms with Gasteiger partial charge in [-0.1, -0.05) is 32.0 Å². The molecular weight excluding hydrogens is 217 g/mol. The SMILES string of the molecule is CC(C)(CNCC(N)CN)c1ccccc1F. The zero-order chi connectivity index (χ0) is 12.9. The summed E-state index contributed by atoms with van der Waals surface area (Å²) in [6.07, 6.45) is 0. The molecule has 1 aromatic carbocycles. The summed E-state index contributed by atoms with van der Waals surface area (Å²) in [5, 5.41) is 3.23. The maximum atomic E-state index is 13.7. The zero-order valence-corrected chi connectivity index (χ0v) is 10.5. The molecular formula is C13H22FN3. The van der Waals surface area contributed by atoms with E-state index in [4.69, 9.17) is 11.5 Å². The number of benzene rings is 1. The highest BCUT2D eigenvalue weighted by Gasteiger charge is 2.23. The Bertz CT molecular complexity index is 352. The van der Waals surface area contributed by atoms with Crippen molar-refractivity contribution in [2.75, 3.05) is 19.6 Å². The first-order valence-corrected chi connectivity index (χ1v) is 5.89. The minimum Gasteiger partial charge on any atom is -0.329 e. The van der Waals surface area contributed by atoms with Crippen LogP contribution in [-0.2, 0) is 5.41 Å². The van der Waals surface area contributed by atoms with Crippen molar-refractivity contribution < 1.29 is 4.39 Å². The first-order chi connectivity index (χ1) is 7.97. The van der Waals surface area contributed by atoms with E-state index in [2.05, 4.69) is 5.32 Å². The molecule has 0 amide bonds. The third-order valence-electron chi connectivity index (χ3n) is 2.88. The molecule has 0 radical (unpaired) electrons. The van der Waals surface area contributed by atoms with E-state index in [0.717, 1.165) is 0 Å². The summed E-state index contributed by atoms with van der Waals surface area (Å²) in [5.74, 6) is -0.164. The Balaban J connectivity index is 2.60. The summed E-state index contributed by atoms with van der Waals surface area (Å²) < 4.78 is 13.7. The maximum absolute atomic E-state index is 13.7. The lowest BCUT2D eigenvalue weighted by Gasteiger charge is -2.27. The van der Waals surface area contributed by atoms with E-state index in [1.807, 2.05) is 26.0 Å². The van der Waals surface area contributed by atoms with Gasteiger partial charge in [-0.05, 0) is 11.6 Å². The van der Waals surface area contributed by atoms with E-state index in [-0.39, 0.29) is 17.3 Å². The standard InChI is InChI=1S/C13H22FN3/c1-13(2,9-17-8-10(16)7-15)11-5-3-4-6-12(11)14/h3-6,10,17H,7-9,15-16H2,1-2H3. The van der Waals surface area contributed by atoms with Crippen molar-refractivity contribution in [2.24, 2.45) is 11.5 Å². The smallest absolute Gasteiger partial charge is 0.126 e. The number of nitrogens with two attached hydrogens (primary N) is 2. The zero-order valence-electron chi connectivity index (χ0n) is 10.5. The topological polar surface area (TPSA) is 64.1 Å². The lowest BCUT2D eigenvalue weighted by atomic mass is 9.84. The van der Waals surface area contributed by atoms with Gasteiger partial charge in [-0.3, -0.25) is 0 Å². The lowest BCUT2D eigenvalue weighted by Crippen LogP contribution is -2.43. The molecule has 5 N–H and O–H groups in total. The van der Waals surface area contributed by atoms with Crippen LogP contribution in [0.5, 0.6) is 0 Å². The van der Waals surface area contributed by atoms with Crippen LogP contribution in [0.2, 0.25) is 0 Å². The van der Waals surface area contributed by atoms with Gasteiger partial charge in [0.15, 0.2) is 0 Å². The van der Waals surface area contributed by atoms with Crippen molar-refractivity contribution in [2.45, 2.75) is 25.3 Å². The van der Waals surface area contributed by atoms with Gasteiger partial charge in [0.25, 0.3) is 0 Å². The Labute approximate surface area is 102 Å². The fraction of sp³-hybridized carbons (Fsp3) is 0.538. The average molecular weight is 239 g/mol. The summed E-state index contributed by atoms with van der Waals surface area (Å²) in [6.45, 7) is 5.78. The van der Waals surface area contributed by atoms with Crippen molar-refractivity contribution >= 4 is 0 Å². The fourth-order valence-corrected chi connectivity index (χ4v) is 1.76. The molecule has 1 rings (SSSR count). The highest BCUT2D eigenvalue weighted by molar-refractivity contribution is 5.25. The summed E-state index contributed by atoms with van der Waals surface area (Å²) in [5.41, 5.74) is 11.6. The summed E-state index contributed by atoms with van der Waals surface area (Å²) in [6, 6.07) is 6.81. The van der Waals surface area contributed by atoms with Gasteiger partial charge in [0, 0.05) is 31.1 Å². The molecule has 1 aromatic rings. The number of nitrogens with one attached hydrogen (secondary N) is 1. The van der Waals surface area contributed by atoms with Gasteiger partial charge in [-0.25, -0.2) is 4.39 Å². The average Bonchev–Trinajstić information content (AvgIpc) is 2.28. The van der Waals surface area contributed by atoms with E-state index >= 15 is 0 Å². The number of halogens is 1. The quantitative estimate of drug-likeness (QED) is 0.693. The second kappa shape index (κ2) is 6.10. The van der Waals surface area contributed by atoms with Gasteiger partial charge in [-0.2, -0.15) is 0 Å². The molecule has 0 aliphatic rings. The molecule has 0 heterocycles. The molecule has 0 bridgehead atoms. The first kappa shape index (κ1) is 14.1. The van der Waals surface area contributed by atoms with Gasteiger partial charge in [0.1, 0.15) is 5.82 Å². The first-order valence-electron chi connectivity index (χ1n) is 5.89. The van der Waals surface area contributed by atoms with Crippen molar-refractivity contribution in [3.63, 3.8) is 0 Å². The van der Waals surface area contributed by atoms with Crippen LogP contribution in [0, 0.1) is 5.82 Å². The van der Waals surface area contributed by atoms with Crippen LogP contribution < -0.4 is 16.8 Å². The Morgan fingerprint density at radius 1 is 1.35 bits per heavy atom. The van der Waals surface area contributed by atoms with E-state index in [0.29, 0.717) is 25.2 Å². The van der Waals surface area contributed by atoms with E-state index in [9.17, 15) is 4.39 Å². The van der Waals surface area contributed by atoms with E-state index in [1.165, 1.54) is 6.07 Å². The minimum atomic E-state index is -0.264. The molecule has 0 aliphatic carbocycles. The minimum absolute atomic E-state index is 0.0496. The van der Waals surface area contributed by atoms with Crippen LogP contribution >= 0.6 is 0 Å². The monoisotopic (exact) mass is 239 g/mol. The largest absolute Gasteiger partial charge is 0.329 e. The van der Waals surface area contributed by atoms with E-state index in [1.54, 1.807) is 6.07 Å². The molecule has 0 aliphatic heterocycles. The second-order valence-corrected chi connectivity index (χ2v) is 4.99. The highest BCUT2D eigenvalue weighted by Crippen LogP contribution is 2.24. The molecule has 1 atom stereocenters. The van der Waals surface area contributed by atoms with E-state index < -0.39 is 0 Å². The lowest BCUT2D eigenvalue weighted by molar-refractivity contribution is 0.434. The normalized spacial score (nSPS) is 13.7. The molecule has 0 fully saturated rings. The van der Waals surface area contributed by atoms with Crippen LogP contribution in [0.3, 0.4) is 0 Å². The molecule has 0 saturated carbocycles. The Kier molecular flexibility index (Phi) is 5.05. The molecule has 0 spiro atoms. The molecule has 96 valence electrons. The number of hydrogen-bond donors (Lipinski definition) is 3. The van der Waals surface area contributed by atoms with Gasteiger partial charge in [-0.15, -0.1) is 0 Å².